The summed E-state index contributed by atoms with van der Waals surface area (Å²) in [5.41, 5.74) is 1.53. The molecule has 0 saturated heterocycles. The first-order chi connectivity index (χ1) is 13.1. The number of pyridine rings is 1. The van der Waals surface area contributed by atoms with E-state index in [-0.39, 0.29) is 11.5 Å². The highest BCUT2D eigenvalue weighted by Gasteiger charge is 2.19. The summed E-state index contributed by atoms with van der Waals surface area (Å²) in [5.74, 6) is 1.01. The number of para-hydroxylation sites is 1. The highest BCUT2D eigenvalue weighted by Crippen LogP contribution is 2.18. The average molecular weight is 362 g/mol. The quantitative estimate of drug-likeness (QED) is 0.572. The van der Waals surface area contributed by atoms with Crippen molar-refractivity contribution in [2.24, 2.45) is 0 Å². The topological polar surface area (TPSA) is 99.0 Å². The van der Waals surface area contributed by atoms with E-state index in [0.717, 1.165) is 11.3 Å². The molecule has 136 valence electrons. The Morgan fingerprint density at radius 1 is 1.15 bits per heavy atom. The first-order valence-corrected chi connectivity index (χ1v) is 8.49. The van der Waals surface area contributed by atoms with Gasteiger partial charge in [-0.15, -0.1) is 0 Å². The third kappa shape index (κ3) is 3.35. The smallest absolute Gasteiger partial charge is 0.258 e. The molecule has 1 unspecified atom stereocenters. The summed E-state index contributed by atoms with van der Waals surface area (Å²) in [6.07, 6.45) is 8.00. The summed E-state index contributed by atoms with van der Waals surface area (Å²) < 4.78 is 5.72. The van der Waals surface area contributed by atoms with Gasteiger partial charge in [-0.2, -0.15) is 0 Å². The number of hydrogen-bond acceptors (Lipinski definition) is 4. The van der Waals surface area contributed by atoms with Gasteiger partial charge in [-0.05, 0) is 36.8 Å². The van der Waals surface area contributed by atoms with E-state index in [1.165, 1.54) is 0 Å². The van der Waals surface area contributed by atoms with Crippen molar-refractivity contribution < 1.29 is 9.53 Å². The summed E-state index contributed by atoms with van der Waals surface area (Å²) >= 11 is 0. The maximum Gasteiger partial charge on any atom is 0.258 e. The lowest BCUT2D eigenvalue weighted by molar-refractivity contribution is 0.0942. The lowest BCUT2D eigenvalue weighted by atomic mass is 10.1. The summed E-state index contributed by atoms with van der Waals surface area (Å²) in [6, 6.07) is 9.42. The van der Waals surface area contributed by atoms with Crippen molar-refractivity contribution in [3.63, 3.8) is 0 Å². The van der Waals surface area contributed by atoms with Gasteiger partial charge < -0.3 is 25.3 Å². The van der Waals surface area contributed by atoms with Crippen molar-refractivity contribution in [3.8, 4) is 5.75 Å². The molecule has 7 nitrogen and oxygen atoms in total. The van der Waals surface area contributed by atoms with Crippen molar-refractivity contribution in [3.05, 3.63) is 88.3 Å². The molecule has 1 aliphatic heterocycles. The molecule has 7 heteroatoms. The van der Waals surface area contributed by atoms with Gasteiger partial charge in [0.2, 0.25) is 0 Å². The molecule has 27 heavy (non-hydrogen) atoms. The van der Waals surface area contributed by atoms with E-state index < -0.39 is 6.17 Å². The van der Waals surface area contributed by atoms with Gasteiger partial charge in [-0.25, -0.2) is 0 Å². The molecule has 1 aromatic carbocycles. The predicted octanol–water partition coefficient (Wildman–Crippen LogP) is 2.30. The minimum Gasteiger partial charge on any atom is -0.456 e. The number of allylic oxidation sites excluding steroid dienone is 1. The number of aromatic nitrogens is 2. The van der Waals surface area contributed by atoms with Crippen molar-refractivity contribution in [1.29, 1.82) is 0 Å². The number of H-pyrrole nitrogens is 2. The van der Waals surface area contributed by atoms with E-state index in [1.807, 2.05) is 37.3 Å². The number of aromatic amines is 2. The van der Waals surface area contributed by atoms with Crippen LogP contribution >= 0.6 is 0 Å². The van der Waals surface area contributed by atoms with Crippen LogP contribution in [0.4, 0.5) is 0 Å². The Morgan fingerprint density at radius 3 is 2.70 bits per heavy atom. The Kier molecular flexibility index (Phi) is 4.25. The Balaban J connectivity index is 1.45. The van der Waals surface area contributed by atoms with Gasteiger partial charge in [-0.1, -0.05) is 18.2 Å². The highest BCUT2D eigenvalue weighted by atomic mass is 16.5. The van der Waals surface area contributed by atoms with Gasteiger partial charge >= 0.3 is 0 Å². The number of amides is 1. The molecule has 1 atom stereocenters. The predicted molar refractivity (Wildman–Crippen MR) is 102 cm³/mol. The van der Waals surface area contributed by atoms with Crippen LogP contribution in [0, 0.1) is 6.92 Å². The molecule has 4 rings (SSSR count). The second kappa shape index (κ2) is 6.87. The van der Waals surface area contributed by atoms with Gasteiger partial charge in [0.05, 0.1) is 16.5 Å². The van der Waals surface area contributed by atoms with Crippen LogP contribution in [-0.4, -0.2) is 22.0 Å². The summed E-state index contributed by atoms with van der Waals surface area (Å²) in [4.78, 5) is 30.4. The Labute approximate surface area is 154 Å². The molecule has 3 aromatic rings. The largest absolute Gasteiger partial charge is 0.456 e. The molecule has 0 bridgehead atoms. The first kappa shape index (κ1) is 16.7. The second-order valence-electron chi connectivity index (χ2n) is 6.19. The van der Waals surface area contributed by atoms with E-state index in [2.05, 4.69) is 20.6 Å². The van der Waals surface area contributed by atoms with Crippen LogP contribution in [0.15, 0.2) is 71.6 Å². The zero-order chi connectivity index (χ0) is 18.8. The molecular formula is C20H18N4O3. The molecular weight excluding hydrogens is 344 g/mol. The van der Waals surface area contributed by atoms with Crippen molar-refractivity contribution in [2.75, 3.05) is 0 Å². The number of aryl methyl sites for hydroxylation is 1. The normalized spacial score (nSPS) is 15.9. The van der Waals surface area contributed by atoms with E-state index in [1.54, 1.807) is 30.7 Å². The Morgan fingerprint density at radius 2 is 1.96 bits per heavy atom. The number of fused-ring (bicyclic) bond motifs is 1. The third-order valence-electron chi connectivity index (χ3n) is 4.29. The molecule has 3 heterocycles. The second-order valence-corrected chi connectivity index (χ2v) is 6.19. The molecule has 0 saturated carbocycles. The standard InChI is InChI=1S/C20H18N4O3/c1-12-9-23-20(26)17-15(11-22-18(12)17)19(25)24-16-8-7-14(10-21-16)27-13-5-3-2-4-6-13/h2-11,16,21-22H,1H3,(H,23,26)(H,24,25). The van der Waals surface area contributed by atoms with Crippen molar-refractivity contribution >= 4 is 16.8 Å². The summed E-state index contributed by atoms with van der Waals surface area (Å²) in [5, 5.41) is 6.25. The number of rotatable bonds is 4. The van der Waals surface area contributed by atoms with Crippen LogP contribution in [0.3, 0.4) is 0 Å². The maximum absolute atomic E-state index is 12.6. The minimum absolute atomic E-state index is 0.299. The number of carbonyl (C=O) groups is 1. The number of nitrogens with one attached hydrogen (secondary N) is 4. The average Bonchev–Trinajstić information content (AvgIpc) is 3.14. The number of benzene rings is 1. The summed E-state index contributed by atoms with van der Waals surface area (Å²) in [7, 11) is 0. The Hall–Kier alpha value is -3.74. The van der Waals surface area contributed by atoms with E-state index in [4.69, 9.17) is 4.74 Å². The molecule has 0 spiro atoms. The highest BCUT2D eigenvalue weighted by molar-refractivity contribution is 6.07. The molecule has 1 amide bonds. The van der Waals surface area contributed by atoms with E-state index in [0.29, 0.717) is 22.2 Å². The van der Waals surface area contributed by atoms with Crippen LogP contribution in [0.25, 0.3) is 10.9 Å². The lowest BCUT2D eigenvalue weighted by Crippen LogP contribution is -2.43. The van der Waals surface area contributed by atoms with Crippen LogP contribution in [0.1, 0.15) is 15.9 Å². The van der Waals surface area contributed by atoms with Gasteiger partial charge in [0.25, 0.3) is 11.5 Å². The number of hydrogen-bond donors (Lipinski definition) is 4. The fourth-order valence-electron chi connectivity index (χ4n) is 2.93. The summed E-state index contributed by atoms with van der Waals surface area (Å²) in [6.45, 7) is 1.86. The van der Waals surface area contributed by atoms with Crippen LogP contribution in [0.5, 0.6) is 5.75 Å². The number of carbonyl (C=O) groups excluding carboxylic acids is 1. The van der Waals surface area contributed by atoms with Crippen molar-refractivity contribution in [2.45, 2.75) is 13.1 Å². The molecule has 4 N–H and O–H groups in total. The molecule has 0 radical (unpaired) electrons. The number of dihydropyridines is 1. The molecule has 0 fully saturated rings. The molecule has 0 aliphatic carbocycles. The van der Waals surface area contributed by atoms with Crippen LogP contribution in [-0.2, 0) is 0 Å². The Bertz CT molecular complexity index is 1110. The van der Waals surface area contributed by atoms with E-state index in [9.17, 15) is 9.59 Å². The monoisotopic (exact) mass is 362 g/mol. The third-order valence-corrected chi connectivity index (χ3v) is 4.29. The van der Waals surface area contributed by atoms with Gasteiger partial charge in [0.15, 0.2) is 0 Å². The van der Waals surface area contributed by atoms with Crippen LogP contribution < -0.4 is 20.9 Å². The zero-order valence-corrected chi connectivity index (χ0v) is 14.6. The molecule has 2 aromatic heterocycles. The van der Waals surface area contributed by atoms with Gasteiger partial charge in [0, 0.05) is 18.6 Å². The number of ether oxygens (including phenoxy) is 1. The van der Waals surface area contributed by atoms with Gasteiger partial charge in [0.1, 0.15) is 17.7 Å². The van der Waals surface area contributed by atoms with Crippen molar-refractivity contribution in [1.82, 2.24) is 20.6 Å². The first-order valence-electron chi connectivity index (χ1n) is 8.49. The van der Waals surface area contributed by atoms with Crippen LogP contribution in [0.2, 0.25) is 0 Å². The fraction of sp³-hybridized carbons (Fsp3) is 0.100. The lowest BCUT2D eigenvalue weighted by Gasteiger charge is -2.20. The SMILES string of the molecule is Cc1c[nH]c(=O)c2c(C(=O)NC3C=CC(Oc4ccccc4)=CN3)c[nH]c12. The zero-order valence-electron chi connectivity index (χ0n) is 14.6. The molecule has 1 aliphatic rings. The maximum atomic E-state index is 12.6. The van der Waals surface area contributed by atoms with E-state index >= 15 is 0 Å². The van der Waals surface area contributed by atoms with Gasteiger partial charge in [-0.3, -0.25) is 9.59 Å². The fourth-order valence-corrected chi connectivity index (χ4v) is 2.93. The minimum atomic E-state index is -0.408.